The summed E-state index contributed by atoms with van der Waals surface area (Å²) in [7, 11) is 0. The standard InChI is InChI=1S/C29H34O6/c1-2-25(30)27(31)29(35-20-24-16-10-5-11-17-24)28(32)26(34-19-23-14-8-4-9-15-23)21-33-18-22-12-6-3-7-13-22/h2-17,25-32H,1,18-21H2/t25-,26-,27+,28-,29-/m1/s1. The Balaban J connectivity index is 1.73. The molecule has 0 aliphatic carbocycles. The van der Waals surface area contributed by atoms with Gasteiger partial charge in [0.2, 0.25) is 0 Å². The lowest BCUT2D eigenvalue weighted by Crippen LogP contribution is -2.51. The number of aliphatic hydroxyl groups is 3. The summed E-state index contributed by atoms with van der Waals surface area (Å²) in [5.41, 5.74) is 2.79. The fraction of sp³-hybridized carbons (Fsp3) is 0.310. The van der Waals surface area contributed by atoms with Gasteiger partial charge in [-0.05, 0) is 16.7 Å². The molecule has 35 heavy (non-hydrogen) atoms. The van der Waals surface area contributed by atoms with Crippen LogP contribution in [0.1, 0.15) is 16.7 Å². The molecule has 0 radical (unpaired) electrons. The molecule has 0 spiro atoms. The molecule has 6 heteroatoms. The normalized spacial score (nSPS) is 15.6. The first-order valence-electron chi connectivity index (χ1n) is 11.7. The fourth-order valence-corrected chi connectivity index (χ4v) is 3.60. The van der Waals surface area contributed by atoms with Gasteiger partial charge in [0.1, 0.15) is 30.5 Å². The summed E-state index contributed by atoms with van der Waals surface area (Å²) >= 11 is 0. The summed E-state index contributed by atoms with van der Waals surface area (Å²) in [6, 6.07) is 28.7. The molecule has 0 fully saturated rings. The number of hydrogen-bond donors (Lipinski definition) is 3. The Kier molecular flexibility index (Phi) is 11.1. The quantitative estimate of drug-likeness (QED) is 0.289. The van der Waals surface area contributed by atoms with Crippen LogP contribution in [0.4, 0.5) is 0 Å². The molecule has 3 aromatic rings. The summed E-state index contributed by atoms with van der Waals surface area (Å²) in [5, 5.41) is 32.3. The molecule has 0 saturated carbocycles. The molecule has 3 N–H and O–H groups in total. The molecule has 0 saturated heterocycles. The first-order chi connectivity index (χ1) is 17.1. The smallest absolute Gasteiger partial charge is 0.115 e. The molecule has 0 bridgehead atoms. The van der Waals surface area contributed by atoms with E-state index in [2.05, 4.69) is 6.58 Å². The van der Waals surface area contributed by atoms with E-state index in [1.54, 1.807) is 0 Å². The van der Waals surface area contributed by atoms with Crippen molar-refractivity contribution in [3.8, 4) is 0 Å². The van der Waals surface area contributed by atoms with Crippen molar-refractivity contribution < 1.29 is 29.5 Å². The van der Waals surface area contributed by atoms with Gasteiger partial charge in [-0.15, -0.1) is 6.58 Å². The number of aliphatic hydroxyl groups excluding tert-OH is 3. The third kappa shape index (κ3) is 8.71. The summed E-state index contributed by atoms with van der Waals surface area (Å²) in [5.74, 6) is 0. The van der Waals surface area contributed by atoms with Gasteiger partial charge in [0, 0.05) is 0 Å². The second-order valence-electron chi connectivity index (χ2n) is 8.30. The lowest BCUT2D eigenvalue weighted by molar-refractivity contribution is -0.179. The Hall–Kier alpha value is -2.84. The van der Waals surface area contributed by atoms with Gasteiger partial charge in [-0.25, -0.2) is 0 Å². The average molecular weight is 479 g/mol. The van der Waals surface area contributed by atoms with E-state index in [4.69, 9.17) is 14.2 Å². The maximum atomic E-state index is 11.3. The van der Waals surface area contributed by atoms with E-state index in [0.717, 1.165) is 16.7 Å². The lowest BCUT2D eigenvalue weighted by atomic mass is 9.98. The van der Waals surface area contributed by atoms with Crippen LogP contribution in [-0.2, 0) is 34.0 Å². The van der Waals surface area contributed by atoms with Crippen molar-refractivity contribution in [1.82, 2.24) is 0 Å². The Morgan fingerprint density at radius 1 is 0.629 bits per heavy atom. The number of rotatable bonds is 15. The van der Waals surface area contributed by atoms with Crippen LogP contribution < -0.4 is 0 Å². The van der Waals surface area contributed by atoms with Crippen molar-refractivity contribution in [2.75, 3.05) is 6.61 Å². The van der Waals surface area contributed by atoms with Gasteiger partial charge in [-0.3, -0.25) is 0 Å². The highest BCUT2D eigenvalue weighted by Crippen LogP contribution is 2.19. The number of ether oxygens (including phenoxy) is 3. The van der Waals surface area contributed by atoms with E-state index < -0.39 is 30.5 Å². The first-order valence-corrected chi connectivity index (χ1v) is 11.7. The molecular formula is C29H34O6. The first kappa shape index (κ1) is 26.8. The molecule has 3 rings (SSSR count). The van der Waals surface area contributed by atoms with E-state index in [1.165, 1.54) is 6.08 Å². The Morgan fingerprint density at radius 2 is 1.09 bits per heavy atom. The molecule has 0 aliphatic heterocycles. The number of benzene rings is 3. The maximum absolute atomic E-state index is 11.3. The van der Waals surface area contributed by atoms with Gasteiger partial charge in [-0.2, -0.15) is 0 Å². The Bertz CT molecular complexity index is 966. The van der Waals surface area contributed by atoms with Crippen LogP contribution in [0.15, 0.2) is 104 Å². The Morgan fingerprint density at radius 3 is 1.57 bits per heavy atom. The molecule has 0 unspecified atom stereocenters. The van der Waals surface area contributed by atoms with Crippen molar-refractivity contribution >= 4 is 0 Å². The van der Waals surface area contributed by atoms with Gasteiger partial charge >= 0.3 is 0 Å². The second-order valence-corrected chi connectivity index (χ2v) is 8.30. The van der Waals surface area contributed by atoms with E-state index >= 15 is 0 Å². The highest BCUT2D eigenvalue weighted by Gasteiger charge is 2.37. The summed E-state index contributed by atoms with van der Waals surface area (Å²) in [4.78, 5) is 0. The fourth-order valence-electron chi connectivity index (χ4n) is 3.60. The minimum absolute atomic E-state index is 0.0605. The van der Waals surface area contributed by atoms with E-state index in [-0.39, 0.29) is 19.8 Å². The third-order valence-corrected chi connectivity index (χ3v) is 5.63. The van der Waals surface area contributed by atoms with Gasteiger partial charge < -0.3 is 29.5 Å². The zero-order chi connectivity index (χ0) is 24.9. The van der Waals surface area contributed by atoms with Crippen molar-refractivity contribution in [2.45, 2.75) is 50.3 Å². The van der Waals surface area contributed by atoms with Crippen LogP contribution >= 0.6 is 0 Å². The second kappa shape index (κ2) is 14.5. The maximum Gasteiger partial charge on any atom is 0.115 e. The van der Waals surface area contributed by atoms with E-state index in [9.17, 15) is 15.3 Å². The van der Waals surface area contributed by atoms with Crippen LogP contribution in [0.3, 0.4) is 0 Å². The van der Waals surface area contributed by atoms with Crippen molar-refractivity contribution in [3.05, 3.63) is 120 Å². The monoisotopic (exact) mass is 478 g/mol. The van der Waals surface area contributed by atoms with Crippen molar-refractivity contribution in [2.24, 2.45) is 0 Å². The predicted molar refractivity (Wildman–Crippen MR) is 134 cm³/mol. The molecule has 0 amide bonds. The zero-order valence-electron chi connectivity index (χ0n) is 19.7. The summed E-state index contributed by atoms with van der Waals surface area (Å²) in [6.07, 6.45) is -4.76. The highest BCUT2D eigenvalue weighted by atomic mass is 16.6. The van der Waals surface area contributed by atoms with Crippen molar-refractivity contribution in [1.29, 1.82) is 0 Å². The predicted octanol–water partition coefficient (Wildman–Crippen LogP) is 3.64. The molecule has 0 heterocycles. The molecule has 0 aliphatic rings. The molecule has 0 aromatic heterocycles. The largest absolute Gasteiger partial charge is 0.387 e. The molecule has 5 atom stereocenters. The lowest BCUT2D eigenvalue weighted by Gasteiger charge is -2.34. The van der Waals surface area contributed by atoms with Crippen LogP contribution in [0.25, 0.3) is 0 Å². The summed E-state index contributed by atoms with van der Waals surface area (Å²) in [6.45, 7) is 4.32. The summed E-state index contributed by atoms with van der Waals surface area (Å²) < 4.78 is 17.8. The molecule has 6 nitrogen and oxygen atoms in total. The van der Waals surface area contributed by atoms with Crippen molar-refractivity contribution in [3.63, 3.8) is 0 Å². The number of hydrogen-bond acceptors (Lipinski definition) is 6. The molecule has 186 valence electrons. The third-order valence-electron chi connectivity index (χ3n) is 5.63. The van der Waals surface area contributed by atoms with Crippen LogP contribution in [0.2, 0.25) is 0 Å². The van der Waals surface area contributed by atoms with E-state index in [0.29, 0.717) is 6.61 Å². The van der Waals surface area contributed by atoms with Crippen LogP contribution in [0.5, 0.6) is 0 Å². The molecule has 3 aromatic carbocycles. The van der Waals surface area contributed by atoms with Gasteiger partial charge in [-0.1, -0.05) is 97.1 Å². The highest BCUT2D eigenvalue weighted by molar-refractivity contribution is 5.15. The topological polar surface area (TPSA) is 88.4 Å². The van der Waals surface area contributed by atoms with Crippen LogP contribution in [-0.4, -0.2) is 52.4 Å². The zero-order valence-corrected chi connectivity index (χ0v) is 19.7. The minimum Gasteiger partial charge on any atom is -0.387 e. The van der Waals surface area contributed by atoms with Gasteiger partial charge in [0.25, 0.3) is 0 Å². The SMILES string of the molecule is C=C[C@@H](O)[C@H](O)[C@@H](OCc1ccccc1)[C@H](O)[C@@H](COCc1ccccc1)OCc1ccccc1. The van der Waals surface area contributed by atoms with Gasteiger partial charge in [0.15, 0.2) is 0 Å². The average Bonchev–Trinajstić information content (AvgIpc) is 2.91. The Labute approximate surface area is 207 Å². The van der Waals surface area contributed by atoms with Crippen LogP contribution in [0, 0.1) is 0 Å². The van der Waals surface area contributed by atoms with E-state index in [1.807, 2.05) is 91.0 Å². The molecular weight excluding hydrogens is 444 g/mol. The minimum atomic E-state index is -1.41. The van der Waals surface area contributed by atoms with Gasteiger partial charge in [0.05, 0.1) is 26.4 Å².